The summed E-state index contributed by atoms with van der Waals surface area (Å²) in [5.41, 5.74) is 6.27. The van der Waals surface area contributed by atoms with Crippen LogP contribution in [0.2, 0.25) is 0 Å². The molecule has 1 amide bonds. The summed E-state index contributed by atoms with van der Waals surface area (Å²) >= 11 is 0. The van der Waals surface area contributed by atoms with E-state index in [-0.39, 0.29) is 6.42 Å². The molecule has 0 heterocycles. The number of nitrogens with two attached hydrogens (primary N) is 1. The Bertz CT molecular complexity index is 466. The summed E-state index contributed by atoms with van der Waals surface area (Å²) in [6, 6.07) is 7.44. The van der Waals surface area contributed by atoms with Crippen LogP contribution in [-0.4, -0.2) is 29.1 Å². The molecule has 0 aliphatic rings. The number of carbonyl (C=O) groups excluding carboxylic acids is 1. The van der Waals surface area contributed by atoms with Crippen molar-refractivity contribution in [2.45, 2.75) is 39.3 Å². The molecule has 0 bridgehead atoms. The van der Waals surface area contributed by atoms with Crippen LogP contribution in [0.4, 0.5) is 0 Å². The predicted molar refractivity (Wildman–Crippen MR) is 77.1 cm³/mol. The molecule has 0 radical (unpaired) electrons. The Morgan fingerprint density at radius 1 is 1.25 bits per heavy atom. The van der Waals surface area contributed by atoms with Gasteiger partial charge in [-0.25, -0.2) is 4.79 Å². The van der Waals surface area contributed by atoms with Gasteiger partial charge in [0.15, 0.2) is 0 Å². The van der Waals surface area contributed by atoms with Crippen LogP contribution in [0, 0.1) is 5.41 Å². The van der Waals surface area contributed by atoms with Gasteiger partial charge in [-0.3, -0.25) is 4.79 Å². The number of hydrogen-bond acceptors (Lipinski definition) is 3. The van der Waals surface area contributed by atoms with Crippen LogP contribution in [0.3, 0.4) is 0 Å². The van der Waals surface area contributed by atoms with Crippen molar-refractivity contribution in [2.75, 3.05) is 0 Å². The van der Waals surface area contributed by atoms with Crippen molar-refractivity contribution in [3.8, 4) is 0 Å². The summed E-state index contributed by atoms with van der Waals surface area (Å²) in [6.07, 6.45) is 0.235. The van der Waals surface area contributed by atoms with Gasteiger partial charge < -0.3 is 16.2 Å². The largest absolute Gasteiger partial charge is 0.480 e. The van der Waals surface area contributed by atoms with E-state index in [0.29, 0.717) is 0 Å². The molecule has 0 spiro atoms. The molecule has 110 valence electrons. The maximum absolute atomic E-state index is 12.0. The number of amides is 1. The first-order chi connectivity index (χ1) is 9.21. The summed E-state index contributed by atoms with van der Waals surface area (Å²) in [4.78, 5) is 23.3. The molecule has 1 aromatic rings. The maximum Gasteiger partial charge on any atom is 0.326 e. The van der Waals surface area contributed by atoms with Gasteiger partial charge in [0.25, 0.3) is 0 Å². The number of nitrogens with one attached hydrogen (secondary N) is 1. The third kappa shape index (κ3) is 4.66. The summed E-state index contributed by atoms with van der Waals surface area (Å²) in [6.45, 7) is 5.51. The number of carboxylic acid groups (broad SMARTS) is 1. The minimum absolute atomic E-state index is 0.235. The fourth-order valence-corrected chi connectivity index (χ4v) is 1.70. The minimum Gasteiger partial charge on any atom is -0.480 e. The Balaban J connectivity index is 2.74. The van der Waals surface area contributed by atoms with Crippen molar-refractivity contribution in [1.29, 1.82) is 0 Å². The molecule has 0 aliphatic carbocycles. The molecule has 4 N–H and O–H groups in total. The summed E-state index contributed by atoms with van der Waals surface area (Å²) in [7, 11) is 0. The second-order valence-electron chi connectivity index (χ2n) is 5.93. The van der Waals surface area contributed by atoms with E-state index in [1.165, 1.54) is 0 Å². The van der Waals surface area contributed by atoms with Crippen molar-refractivity contribution in [3.63, 3.8) is 0 Å². The van der Waals surface area contributed by atoms with E-state index in [4.69, 9.17) is 5.73 Å². The number of carboxylic acids is 1. The second kappa shape index (κ2) is 6.52. The number of benzene rings is 1. The van der Waals surface area contributed by atoms with E-state index in [0.717, 1.165) is 5.56 Å². The predicted octanol–water partition coefficient (Wildman–Crippen LogP) is 1.17. The molecule has 0 aliphatic heterocycles. The zero-order valence-electron chi connectivity index (χ0n) is 12.1. The van der Waals surface area contributed by atoms with Gasteiger partial charge in [-0.05, 0) is 11.0 Å². The molecule has 20 heavy (non-hydrogen) atoms. The van der Waals surface area contributed by atoms with Crippen LogP contribution >= 0.6 is 0 Å². The molecule has 0 saturated heterocycles. The van der Waals surface area contributed by atoms with Crippen LogP contribution in [0.5, 0.6) is 0 Å². The average Bonchev–Trinajstić information content (AvgIpc) is 2.37. The molecule has 5 nitrogen and oxygen atoms in total. The number of rotatable bonds is 5. The van der Waals surface area contributed by atoms with Gasteiger partial charge in [0.1, 0.15) is 6.04 Å². The molecule has 1 aromatic carbocycles. The Kier molecular flexibility index (Phi) is 5.27. The van der Waals surface area contributed by atoms with Gasteiger partial charge in [0.2, 0.25) is 5.91 Å². The van der Waals surface area contributed by atoms with Gasteiger partial charge in [0.05, 0.1) is 6.04 Å². The minimum atomic E-state index is -1.07. The highest BCUT2D eigenvalue weighted by Gasteiger charge is 2.30. The molecule has 1 rings (SSSR count). The lowest BCUT2D eigenvalue weighted by Crippen LogP contribution is -2.53. The Morgan fingerprint density at radius 3 is 2.25 bits per heavy atom. The third-order valence-corrected chi connectivity index (χ3v) is 3.11. The van der Waals surface area contributed by atoms with E-state index in [2.05, 4.69) is 5.32 Å². The molecule has 2 atom stereocenters. The van der Waals surface area contributed by atoms with Gasteiger partial charge in [0, 0.05) is 6.42 Å². The number of carbonyl (C=O) groups is 2. The van der Waals surface area contributed by atoms with E-state index < -0.39 is 29.4 Å². The molecular formula is C15H22N2O3. The van der Waals surface area contributed by atoms with Gasteiger partial charge >= 0.3 is 5.97 Å². The summed E-state index contributed by atoms with van der Waals surface area (Å²) in [5, 5.41) is 11.7. The standard InChI is InChI=1S/C15H22N2O3/c1-15(2,3)12(16)13(18)17-11(14(19)20)9-10-7-5-4-6-8-10/h4-8,11-12H,9,16H2,1-3H3,(H,17,18)(H,19,20)/t11-,12?/m1/s1. The quantitative estimate of drug-likeness (QED) is 0.754. The highest BCUT2D eigenvalue weighted by Crippen LogP contribution is 2.17. The molecule has 0 saturated carbocycles. The molecule has 0 fully saturated rings. The van der Waals surface area contributed by atoms with Crippen LogP contribution < -0.4 is 11.1 Å². The van der Waals surface area contributed by atoms with Crippen molar-refractivity contribution in [3.05, 3.63) is 35.9 Å². The van der Waals surface area contributed by atoms with Crippen molar-refractivity contribution in [2.24, 2.45) is 11.1 Å². The maximum atomic E-state index is 12.0. The van der Waals surface area contributed by atoms with Crippen molar-refractivity contribution in [1.82, 2.24) is 5.32 Å². The van der Waals surface area contributed by atoms with Crippen LogP contribution in [-0.2, 0) is 16.0 Å². The SMILES string of the molecule is CC(C)(C)C(N)C(=O)N[C@H](Cc1ccccc1)C(=O)O. The van der Waals surface area contributed by atoms with E-state index >= 15 is 0 Å². The number of hydrogen-bond donors (Lipinski definition) is 3. The first-order valence-electron chi connectivity index (χ1n) is 6.54. The first kappa shape index (κ1) is 16.2. The lowest BCUT2D eigenvalue weighted by Gasteiger charge is -2.27. The van der Waals surface area contributed by atoms with Crippen molar-refractivity contribution >= 4 is 11.9 Å². The monoisotopic (exact) mass is 278 g/mol. The smallest absolute Gasteiger partial charge is 0.326 e. The summed E-state index contributed by atoms with van der Waals surface area (Å²) < 4.78 is 0. The molecule has 1 unspecified atom stereocenters. The highest BCUT2D eigenvalue weighted by molar-refractivity contribution is 5.87. The zero-order chi connectivity index (χ0) is 15.3. The third-order valence-electron chi connectivity index (χ3n) is 3.11. The highest BCUT2D eigenvalue weighted by atomic mass is 16.4. The van der Waals surface area contributed by atoms with Crippen LogP contribution in [0.15, 0.2) is 30.3 Å². The molecular weight excluding hydrogens is 256 g/mol. The topological polar surface area (TPSA) is 92.4 Å². The Hall–Kier alpha value is -1.88. The van der Waals surface area contributed by atoms with Crippen molar-refractivity contribution < 1.29 is 14.7 Å². The first-order valence-corrected chi connectivity index (χ1v) is 6.54. The van der Waals surface area contributed by atoms with Crippen LogP contribution in [0.25, 0.3) is 0 Å². The van der Waals surface area contributed by atoms with Gasteiger partial charge in [-0.15, -0.1) is 0 Å². The van der Waals surface area contributed by atoms with E-state index in [9.17, 15) is 14.7 Å². The second-order valence-corrected chi connectivity index (χ2v) is 5.93. The summed E-state index contributed by atoms with van der Waals surface area (Å²) in [5.74, 6) is -1.51. The zero-order valence-corrected chi connectivity index (χ0v) is 12.1. The van der Waals surface area contributed by atoms with Gasteiger partial charge in [-0.2, -0.15) is 0 Å². The Labute approximate surface area is 119 Å². The molecule has 0 aromatic heterocycles. The normalized spacial score (nSPS) is 14.4. The lowest BCUT2D eigenvalue weighted by molar-refractivity contribution is -0.142. The average molecular weight is 278 g/mol. The fourth-order valence-electron chi connectivity index (χ4n) is 1.70. The van der Waals surface area contributed by atoms with E-state index in [1.807, 2.05) is 51.1 Å². The number of aliphatic carboxylic acids is 1. The van der Waals surface area contributed by atoms with Gasteiger partial charge in [-0.1, -0.05) is 51.1 Å². The fraction of sp³-hybridized carbons (Fsp3) is 0.467. The molecule has 5 heteroatoms. The Morgan fingerprint density at radius 2 is 1.80 bits per heavy atom. The lowest BCUT2D eigenvalue weighted by atomic mass is 9.86. The van der Waals surface area contributed by atoms with E-state index in [1.54, 1.807) is 0 Å². The van der Waals surface area contributed by atoms with Crippen LogP contribution in [0.1, 0.15) is 26.3 Å².